The van der Waals surface area contributed by atoms with Crippen LogP contribution in [-0.4, -0.2) is 5.45 Å². The van der Waals surface area contributed by atoms with Crippen molar-refractivity contribution in [2.45, 2.75) is 0 Å². The van der Waals surface area contributed by atoms with Crippen LogP contribution in [0.3, 0.4) is 0 Å². The van der Waals surface area contributed by atoms with Crippen molar-refractivity contribution in [3.63, 3.8) is 0 Å². The average molecular weight is 150 g/mol. The monoisotopic (exact) mass is 149 g/mol. The van der Waals surface area contributed by atoms with Crippen molar-refractivity contribution in [3.8, 4) is 0 Å². The van der Waals surface area contributed by atoms with E-state index in [1.54, 1.807) is 0 Å². The second-order valence-electron chi connectivity index (χ2n) is 0.154. The van der Waals surface area contributed by atoms with E-state index in [4.69, 9.17) is 5.73 Å². The minimum absolute atomic E-state index is 0. The van der Waals surface area contributed by atoms with Crippen LogP contribution < -0.4 is 57.1 Å². The standard InChI is InChI=1S/CH4BrN.K.H/c2-1-3;;/h1,3H2;;/q;+1;-1. The Morgan fingerprint density at radius 2 is 2.00 bits per heavy atom. The number of alkyl halides is 1. The van der Waals surface area contributed by atoms with Crippen molar-refractivity contribution in [1.82, 2.24) is 0 Å². The first-order valence-electron chi connectivity index (χ1n) is 0.676. The molecule has 0 amide bonds. The number of halogens is 1. The van der Waals surface area contributed by atoms with Gasteiger partial charge in [-0.05, 0) is 0 Å². The Morgan fingerprint density at radius 1 is 2.00 bits per heavy atom. The number of nitrogens with two attached hydrogens (primary N) is 1. The fourth-order valence-corrected chi connectivity index (χ4v) is 0. The molecule has 0 saturated heterocycles. The maximum atomic E-state index is 4.76. The van der Waals surface area contributed by atoms with Gasteiger partial charge in [-0.1, -0.05) is 15.9 Å². The molecule has 0 fully saturated rings. The van der Waals surface area contributed by atoms with E-state index in [9.17, 15) is 0 Å². The predicted octanol–water partition coefficient (Wildman–Crippen LogP) is -2.59. The van der Waals surface area contributed by atoms with Crippen molar-refractivity contribution in [1.29, 1.82) is 0 Å². The normalized spacial score (nSPS) is 4.50. The summed E-state index contributed by atoms with van der Waals surface area (Å²) in [5, 5.41) is 0. The van der Waals surface area contributed by atoms with E-state index in [0.717, 1.165) is 0 Å². The molecule has 0 rings (SSSR count). The summed E-state index contributed by atoms with van der Waals surface area (Å²) in [5.74, 6) is 0. The molecule has 3 heteroatoms. The molecular weight excluding hydrogens is 145 g/mol. The van der Waals surface area contributed by atoms with Gasteiger partial charge in [0.1, 0.15) is 0 Å². The molecule has 4 heavy (non-hydrogen) atoms. The van der Waals surface area contributed by atoms with Crippen LogP contribution in [0.25, 0.3) is 0 Å². The van der Waals surface area contributed by atoms with Crippen molar-refractivity contribution in [2.24, 2.45) is 5.73 Å². The van der Waals surface area contributed by atoms with Gasteiger partial charge >= 0.3 is 51.4 Å². The fourth-order valence-electron chi connectivity index (χ4n) is 0. The summed E-state index contributed by atoms with van der Waals surface area (Å²) in [5.41, 5.74) is 5.33. The predicted molar refractivity (Wildman–Crippen MR) is 19.1 cm³/mol. The molecule has 2 N–H and O–H groups in total. The summed E-state index contributed by atoms with van der Waals surface area (Å²) >= 11 is 2.92. The third-order valence-corrected chi connectivity index (χ3v) is 0. The van der Waals surface area contributed by atoms with Crippen LogP contribution in [0, 0.1) is 0 Å². The average Bonchev–Trinajstić information content (AvgIpc) is 0.918. The maximum Gasteiger partial charge on any atom is 1.00 e. The molecule has 0 spiro atoms. The zero-order valence-electron chi connectivity index (χ0n) is 3.66. The SMILES string of the molecule is NCBr.[H-].[K+]. The van der Waals surface area contributed by atoms with Gasteiger partial charge in [0.15, 0.2) is 0 Å². The zero-order chi connectivity index (χ0) is 2.71. The van der Waals surface area contributed by atoms with Gasteiger partial charge in [0, 0.05) is 5.45 Å². The molecule has 0 bridgehead atoms. The first-order chi connectivity index (χ1) is 1.41. The van der Waals surface area contributed by atoms with Gasteiger partial charge in [0.2, 0.25) is 0 Å². The summed E-state index contributed by atoms with van der Waals surface area (Å²) in [6.07, 6.45) is 0. The Morgan fingerprint density at radius 3 is 2.00 bits per heavy atom. The molecule has 0 aromatic rings. The van der Waals surface area contributed by atoms with Gasteiger partial charge in [-0.2, -0.15) is 0 Å². The molecule has 0 aliphatic heterocycles. The number of hydrogen-bond acceptors (Lipinski definition) is 1. The van der Waals surface area contributed by atoms with E-state index >= 15 is 0 Å². The van der Waals surface area contributed by atoms with Crippen LogP contribution in [0.4, 0.5) is 0 Å². The molecule has 0 unspecified atom stereocenters. The summed E-state index contributed by atoms with van der Waals surface area (Å²) in [6, 6.07) is 0. The van der Waals surface area contributed by atoms with Crippen LogP contribution in [-0.2, 0) is 0 Å². The number of hydrogen-bond donors (Lipinski definition) is 1. The Bertz CT molecular complexity index is 11.6. The van der Waals surface area contributed by atoms with Gasteiger partial charge < -0.3 is 7.16 Å². The van der Waals surface area contributed by atoms with Crippen LogP contribution in [0.15, 0.2) is 0 Å². The molecule has 0 heterocycles. The van der Waals surface area contributed by atoms with Crippen molar-refractivity contribution in [3.05, 3.63) is 0 Å². The molecule has 0 aliphatic rings. The van der Waals surface area contributed by atoms with Gasteiger partial charge in [-0.3, -0.25) is 0 Å². The second-order valence-corrected chi connectivity index (χ2v) is 0.802. The topological polar surface area (TPSA) is 26.0 Å². The quantitative estimate of drug-likeness (QED) is 0.229. The summed E-state index contributed by atoms with van der Waals surface area (Å²) in [4.78, 5) is 0. The van der Waals surface area contributed by atoms with Gasteiger partial charge in [0.25, 0.3) is 0 Å². The molecule has 0 atom stereocenters. The van der Waals surface area contributed by atoms with E-state index in [-0.39, 0.29) is 52.8 Å². The van der Waals surface area contributed by atoms with Crippen LogP contribution in [0.1, 0.15) is 1.43 Å². The Hall–Kier alpha value is 2.08. The molecule has 0 aliphatic carbocycles. The van der Waals surface area contributed by atoms with Crippen molar-refractivity contribution in [2.75, 3.05) is 5.45 Å². The Balaban J connectivity index is -0.0000000200. The molecule has 0 aromatic carbocycles. The van der Waals surface area contributed by atoms with E-state index in [1.807, 2.05) is 0 Å². The first-order valence-corrected chi connectivity index (χ1v) is 1.80. The summed E-state index contributed by atoms with van der Waals surface area (Å²) in [7, 11) is 0. The second kappa shape index (κ2) is 8.91. The summed E-state index contributed by atoms with van der Waals surface area (Å²) < 4.78 is 0. The van der Waals surface area contributed by atoms with E-state index < -0.39 is 0 Å². The first kappa shape index (κ1) is 9.42. The molecule has 0 saturated carbocycles. The maximum absolute atomic E-state index is 4.76. The Labute approximate surface area is 78.4 Å². The molecular formula is CH5BrKN. The van der Waals surface area contributed by atoms with Crippen LogP contribution >= 0.6 is 15.9 Å². The third kappa shape index (κ3) is 8.95. The number of rotatable bonds is 0. The van der Waals surface area contributed by atoms with Gasteiger partial charge in [-0.25, -0.2) is 0 Å². The van der Waals surface area contributed by atoms with Gasteiger partial charge in [-0.15, -0.1) is 0 Å². The van der Waals surface area contributed by atoms with Gasteiger partial charge in [0.05, 0.1) is 0 Å². The third-order valence-electron chi connectivity index (χ3n) is 0. The molecule has 0 aromatic heterocycles. The smallest absolute Gasteiger partial charge is 1.00 e. The van der Waals surface area contributed by atoms with Crippen molar-refractivity contribution < 1.29 is 52.8 Å². The summed E-state index contributed by atoms with van der Waals surface area (Å²) in [6.45, 7) is 0. The molecule has 1 nitrogen and oxygen atoms in total. The van der Waals surface area contributed by atoms with Crippen LogP contribution in [0.2, 0.25) is 0 Å². The largest absolute Gasteiger partial charge is 1.00 e. The Kier molecular flexibility index (Phi) is 21.0. The fraction of sp³-hybridized carbons (Fsp3) is 1.00. The van der Waals surface area contributed by atoms with E-state index in [1.165, 1.54) is 0 Å². The minimum atomic E-state index is 0. The molecule has 22 valence electrons. The zero-order valence-corrected chi connectivity index (χ0v) is 7.37. The minimum Gasteiger partial charge on any atom is -1.00 e. The van der Waals surface area contributed by atoms with Crippen molar-refractivity contribution >= 4 is 15.9 Å². The van der Waals surface area contributed by atoms with Crippen LogP contribution in [0.5, 0.6) is 0 Å². The van der Waals surface area contributed by atoms with E-state index in [2.05, 4.69) is 15.9 Å². The molecule has 0 radical (unpaired) electrons. The van der Waals surface area contributed by atoms with E-state index in [0.29, 0.717) is 5.45 Å².